The first-order valence-corrected chi connectivity index (χ1v) is 11.0. The Labute approximate surface area is 185 Å². The van der Waals surface area contributed by atoms with Gasteiger partial charge in [0.05, 0.1) is 6.04 Å². The van der Waals surface area contributed by atoms with Crippen LogP contribution in [0.1, 0.15) is 50.8 Å². The van der Waals surface area contributed by atoms with Crippen molar-refractivity contribution in [2.45, 2.75) is 25.3 Å². The predicted molar refractivity (Wildman–Crippen MR) is 122 cm³/mol. The highest BCUT2D eigenvalue weighted by Gasteiger charge is 2.39. The zero-order valence-electron chi connectivity index (χ0n) is 17.6. The number of rotatable bonds is 0. The number of nitrogens with zero attached hydrogens (tertiary/aromatic N) is 3. The maximum absolute atomic E-state index is 13.3. The SMILES string of the molecule is O=C1c2c(O)c(=O)ccn2N2CN1CC/C=C\c1cccc3c1C2c1ccccc1CC3. The number of hydrogen-bond acceptors (Lipinski definition) is 4. The molecule has 2 aromatic carbocycles. The molecule has 32 heavy (non-hydrogen) atoms. The standard InChI is InChI=1S/C26H23N3O3/c30-21-13-15-28-24(25(21)31)26(32)27-14-4-3-7-18-8-5-9-19-12-11-17-6-1-2-10-20(17)23(22(18)19)29(28)16-27/h1-3,5-10,13,15,23,31H,4,11-12,14,16H2/b7-3-. The van der Waals surface area contributed by atoms with E-state index in [9.17, 15) is 14.7 Å². The summed E-state index contributed by atoms with van der Waals surface area (Å²) < 4.78 is 1.69. The lowest BCUT2D eigenvalue weighted by Gasteiger charge is -2.45. The highest BCUT2D eigenvalue weighted by Crippen LogP contribution is 2.40. The molecule has 6 rings (SSSR count). The molecule has 6 nitrogen and oxygen atoms in total. The van der Waals surface area contributed by atoms with Gasteiger partial charge in [-0.3, -0.25) is 19.3 Å². The second-order valence-electron chi connectivity index (χ2n) is 8.58. The Kier molecular flexibility index (Phi) is 4.21. The van der Waals surface area contributed by atoms with Crippen LogP contribution in [-0.2, 0) is 12.8 Å². The Morgan fingerprint density at radius 2 is 1.75 bits per heavy atom. The number of carbonyl (C=O) groups excluding carboxylic acids is 1. The van der Waals surface area contributed by atoms with Crippen LogP contribution in [0.15, 0.2) is 65.6 Å². The topological polar surface area (TPSA) is 65.8 Å². The maximum atomic E-state index is 13.3. The Balaban J connectivity index is 1.70. The molecule has 1 unspecified atom stereocenters. The molecule has 0 saturated carbocycles. The summed E-state index contributed by atoms with van der Waals surface area (Å²) in [6.45, 7) is 0.881. The summed E-state index contributed by atoms with van der Waals surface area (Å²) in [5, 5.41) is 12.7. The van der Waals surface area contributed by atoms with Crippen LogP contribution in [0.5, 0.6) is 5.75 Å². The van der Waals surface area contributed by atoms with Gasteiger partial charge in [-0.15, -0.1) is 0 Å². The van der Waals surface area contributed by atoms with Gasteiger partial charge >= 0.3 is 0 Å². The van der Waals surface area contributed by atoms with Gasteiger partial charge in [0.1, 0.15) is 6.67 Å². The molecular formula is C26H23N3O3. The van der Waals surface area contributed by atoms with Gasteiger partial charge in [0.25, 0.3) is 5.91 Å². The van der Waals surface area contributed by atoms with Crippen LogP contribution in [-0.4, -0.2) is 33.8 Å². The van der Waals surface area contributed by atoms with Gasteiger partial charge in [0.2, 0.25) is 5.43 Å². The molecule has 3 aromatic rings. The second kappa shape index (κ2) is 7.12. The van der Waals surface area contributed by atoms with Crippen molar-refractivity contribution in [3.63, 3.8) is 0 Å². The van der Waals surface area contributed by atoms with Crippen molar-refractivity contribution in [3.8, 4) is 5.75 Å². The van der Waals surface area contributed by atoms with Gasteiger partial charge in [-0.2, -0.15) is 0 Å². The number of amides is 1. The number of hydrogen-bond donors (Lipinski definition) is 1. The van der Waals surface area contributed by atoms with Crippen LogP contribution < -0.4 is 10.4 Å². The highest BCUT2D eigenvalue weighted by atomic mass is 16.3. The van der Waals surface area contributed by atoms with E-state index in [0.717, 1.165) is 12.8 Å². The van der Waals surface area contributed by atoms with E-state index in [1.807, 2.05) is 0 Å². The van der Waals surface area contributed by atoms with E-state index in [4.69, 9.17) is 0 Å². The molecule has 0 saturated heterocycles. The van der Waals surface area contributed by atoms with Gasteiger partial charge in [0.15, 0.2) is 11.4 Å². The summed E-state index contributed by atoms with van der Waals surface area (Å²) in [7, 11) is 0. The number of carbonyl (C=O) groups is 1. The summed E-state index contributed by atoms with van der Waals surface area (Å²) in [6.07, 6.45) is 8.46. The van der Waals surface area contributed by atoms with Gasteiger partial charge in [0, 0.05) is 18.8 Å². The molecule has 0 spiro atoms. The van der Waals surface area contributed by atoms with E-state index >= 15 is 0 Å². The average molecular weight is 425 g/mol. The molecule has 3 heterocycles. The first-order valence-electron chi connectivity index (χ1n) is 11.0. The lowest BCUT2D eigenvalue weighted by molar-refractivity contribution is 0.0683. The number of fused-ring (bicyclic) bond motifs is 7. The monoisotopic (exact) mass is 425 g/mol. The fraction of sp³-hybridized carbons (Fsp3) is 0.231. The molecule has 6 heteroatoms. The third kappa shape index (κ3) is 2.72. The van der Waals surface area contributed by atoms with E-state index in [0.29, 0.717) is 19.6 Å². The van der Waals surface area contributed by atoms with Gasteiger partial charge in [-0.1, -0.05) is 54.6 Å². The van der Waals surface area contributed by atoms with Gasteiger partial charge in [-0.05, 0) is 47.1 Å². The minimum Gasteiger partial charge on any atom is -0.502 e. The molecule has 0 radical (unpaired) electrons. The molecule has 1 aromatic heterocycles. The van der Waals surface area contributed by atoms with Crippen molar-refractivity contribution in [1.29, 1.82) is 0 Å². The molecule has 3 aliphatic rings. The van der Waals surface area contributed by atoms with Crippen LogP contribution in [0.4, 0.5) is 0 Å². The summed E-state index contributed by atoms with van der Waals surface area (Å²) >= 11 is 0. The van der Waals surface area contributed by atoms with Crippen LogP contribution in [0.3, 0.4) is 0 Å². The van der Waals surface area contributed by atoms with Crippen molar-refractivity contribution in [3.05, 3.63) is 105 Å². The lowest BCUT2D eigenvalue weighted by atomic mass is 9.89. The third-order valence-electron chi connectivity index (χ3n) is 6.81. The van der Waals surface area contributed by atoms with Crippen molar-refractivity contribution in [2.24, 2.45) is 0 Å². The molecule has 1 atom stereocenters. The van der Waals surface area contributed by atoms with Crippen LogP contribution in [0, 0.1) is 0 Å². The zero-order valence-corrected chi connectivity index (χ0v) is 17.6. The van der Waals surface area contributed by atoms with E-state index in [1.54, 1.807) is 15.8 Å². The molecule has 160 valence electrons. The van der Waals surface area contributed by atoms with Gasteiger partial charge < -0.3 is 10.0 Å². The number of aryl methyl sites for hydroxylation is 2. The molecular weight excluding hydrogens is 402 g/mol. The van der Waals surface area contributed by atoms with Crippen molar-refractivity contribution >= 4 is 12.0 Å². The van der Waals surface area contributed by atoms with Gasteiger partial charge in [-0.25, -0.2) is 0 Å². The predicted octanol–water partition coefficient (Wildman–Crippen LogP) is 3.21. The molecule has 0 fully saturated rings. The van der Waals surface area contributed by atoms with E-state index < -0.39 is 11.2 Å². The number of pyridine rings is 1. The Hall–Kier alpha value is -3.80. The van der Waals surface area contributed by atoms with Crippen molar-refractivity contribution in [2.75, 3.05) is 18.2 Å². The molecule has 2 bridgehead atoms. The van der Waals surface area contributed by atoms with E-state index in [2.05, 4.69) is 59.6 Å². The van der Waals surface area contributed by atoms with Crippen molar-refractivity contribution in [1.82, 2.24) is 9.58 Å². The Morgan fingerprint density at radius 3 is 2.66 bits per heavy atom. The quantitative estimate of drug-likeness (QED) is 0.601. The first kappa shape index (κ1) is 18.9. The van der Waals surface area contributed by atoms with Crippen LogP contribution >= 0.6 is 0 Å². The zero-order chi connectivity index (χ0) is 21.8. The van der Waals surface area contributed by atoms with Crippen molar-refractivity contribution < 1.29 is 9.90 Å². The second-order valence-corrected chi connectivity index (χ2v) is 8.58. The maximum Gasteiger partial charge on any atom is 0.277 e. The molecule has 1 aliphatic carbocycles. The van der Waals surface area contributed by atoms with Crippen LogP contribution in [0.25, 0.3) is 6.08 Å². The summed E-state index contributed by atoms with van der Waals surface area (Å²) in [6, 6.07) is 16.1. The summed E-state index contributed by atoms with van der Waals surface area (Å²) in [5.74, 6) is -0.809. The highest BCUT2D eigenvalue weighted by molar-refractivity contribution is 5.96. The summed E-state index contributed by atoms with van der Waals surface area (Å²) in [5.41, 5.74) is 5.62. The average Bonchev–Trinajstić information content (AvgIpc) is 2.97. The van der Waals surface area contributed by atoms with E-state index in [1.165, 1.54) is 33.9 Å². The first-order chi connectivity index (χ1) is 15.6. The summed E-state index contributed by atoms with van der Waals surface area (Å²) in [4.78, 5) is 27.2. The smallest absolute Gasteiger partial charge is 0.277 e. The Bertz CT molecular complexity index is 1340. The molecule has 1 N–H and O–H groups in total. The number of benzene rings is 2. The minimum absolute atomic E-state index is 0.0362. The molecule has 2 aliphatic heterocycles. The minimum atomic E-state index is -0.541. The lowest BCUT2D eigenvalue weighted by Crippen LogP contribution is -2.55. The normalized spacial score (nSPS) is 20.0. The largest absolute Gasteiger partial charge is 0.502 e. The fourth-order valence-corrected chi connectivity index (χ4v) is 5.30. The Morgan fingerprint density at radius 1 is 0.938 bits per heavy atom. The molecule has 1 amide bonds. The van der Waals surface area contributed by atoms with Crippen LogP contribution in [0.2, 0.25) is 0 Å². The number of aromatic nitrogens is 1. The third-order valence-corrected chi connectivity index (χ3v) is 6.81. The van der Waals surface area contributed by atoms with E-state index in [-0.39, 0.29) is 17.6 Å². The number of aromatic hydroxyl groups is 1. The fourth-order valence-electron chi connectivity index (χ4n) is 5.30.